The second-order valence-corrected chi connectivity index (χ2v) is 7.43. The molecule has 0 spiro atoms. The zero-order valence-corrected chi connectivity index (χ0v) is 15.7. The lowest BCUT2D eigenvalue weighted by molar-refractivity contribution is -0.125. The quantitative estimate of drug-likeness (QED) is 0.490. The van der Waals surface area contributed by atoms with Crippen molar-refractivity contribution >= 4 is 44.3 Å². The highest BCUT2D eigenvalue weighted by Crippen LogP contribution is 2.27. The van der Waals surface area contributed by atoms with E-state index in [9.17, 15) is 14.0 Å². The van der Waals surface area contributed by atoms with Crippen LogP contribution >= 0.6 is 11.3 Å². The van der Waals surface area contributed by atoms with Crippen molar-refractivity contribution in [2.45, 2.75) is 13.0 Å². The third-order valence-corrected chi connectivity index (χ3v) is 5.36. The lowest BCUT2D eigenvalue weighted by atomic mass is 10.2. The van der Waals surface area contributed by atoms with Gasteiger partial charge in [-0.05, 0) is 48.7 Å². The van der Waals surface area contributed by atoms with E-state index in [1.165, 1.54) is 23.5 Å². The number of rotatable bonds is 5. The number of hydrogen-bond donors (Lipinski definition) is 1. The van der Waals surface area contributed by atoms with Crippen molar-refractivity contribution in [3.8, 4) is 0 Å². The molecule has 0 fully saturated rings. The van der Waals surface area contributed by atoms with E-state index in [1.54, 1.807) is 19.1 Å². The molecule has 0 saturated carbocycles. The van der Waals surface area contributed by atoms with Gasteiger partial charge in [0.05, 0.1) is 6.04 Å². The van der Waals surface area contributed by atoms with Crippen molar-refractivity contribution in [3.63, 3.8) is 0 Å². The van der Waals surface area contributed by atoms with E-state index in [0.717, 1.165) is 15.7 Å². The molecule has 1 amide bonds. The van der Waals surface area contributed by atoms with Gasteiger partial charge in [-0.3, -0.25) is 4.79 Å². The maximum Gasteiger partial charge on any atom is 0.348 e. The van der Waals surface area contributed by atoms with Gasteiger partial charge >= 0.3 is 5.97 Å². The molecule has 5 nitrogen and oxygen atoms in total. The molecule has 0 radical (unpaired) electrons. The molecule has 4 rings (SSSR count). The monoisotopic (exact) mass is 397 g/mol. The summed E-state index contributed by atoms with van der Waals surface area (Å²) in [5.41, 5.74) is 0.742. The molecule has 0 aliphatic heterocycles. The molecule has 28 heavy (non-hydrogen) atoms. The van der Waals surface area contributed by atoms with E-state index >= 15 is 0 Å². The molecule has 1 N–H and O–H groups in total. The van der Waals surface area contributed by atoms with Crippen molar-refractivity contribution in [3.05, 3.63) is 71.1 Å². The highest BCUT2D eigenvalue weighted by molar-refractivity contribution is 7.20. The smallest absolute Gasteiger partial charge is 0.348 e. The SMILES string of the molecule is C[C@H](NC(=O)COC(=O)c1cc2cc(F)ccc2s1)c1cc2ccccc2o1. The summed E-state index contributed by atoms with van der Waals surface area (Å²) in [6.07, 6.45) is 0. The van der Waals surface area contributed by atoms with Gasteiger partial charge in [0, 0.05) is 10.1 Å². The Morgan fingerprint density at radius 1 is 1.14 bits per heavy atom. The van der Waals surface area contributed by atoms with E-state index in [1.807, 2.05) is 30.3 Å². The number of hydrogen-bond acceptors (Lipinski definition) is 5. The molecular formula is C21H16FNO4S. The number of thiophene rings is 1. The zero-order valence-electron chi connectivity index (χ0n) is 14.9. The third-order valence-electron chi connectivity index (χ3n) is 4.26. The van der Waals surface area contributed by atoms with Crippen molar-refractivity contribution in [1.29, 1.82) is 0 Å². The second kappa shape index (κ2) is 7.44. The Labute approximate surface area is 163 Å². The Kier molecular flexibility index (Phi) is 4.83. The Balaban J connectivity index is 1.35. The predicted molar refractivity (Wildman–Crippen MR) is 105 cm³/mol. The summed E-state index contributed by atoms with van der Waals surface area (Å²) in [5, 5.41) is 4.32. The number of halogens is 1. The summed E-state index contributed by atoms with van der Waals surface area (Å²) in [5.74, 6) is -0.807. The fourth-order valence-corrected chi connectivity index (χ4v) is 3.82. The fraction of sp³-hybridized carbons (Fsp3) is 0.143. The molecule has 1 atom stereocenters. The number of amides is 1. The standard InChI is InChI=1S/C21H16FNO4S/c1-12(17-9-13-4-2-3-5-16(13)27-17)23-20(24)11-26-21(25)19-10-14-8-15(22)6-7-18(14)28-19/h2-10,12H,11H2,1H3,(H,23,24)/t12-/m0/s1. The lowest BCUT2D eigenvalue weighted by Gasteiger charge is -2.11. The number of carbonyl (C=O) groups excluding carboxylic acids is 2. The molecule has 7 heteroatoms. The van der Waals surface area contributed by atoms with Crippen LogP contribution in [-0.4, -0.2) is 18.5 Å². The van der Waals surface area contributed by atoms with Gasteiger partial charge in [0.15, 0.2) is 6.61 Å². The minimum Gasteiger partial charge on any atom is -0.459 e. The Bertz CT molecular complexity index is 1150. The molecule has 2 aromatic carbocycles. The van der Waals surface area contributed by atoms with Crippen LogP contribution in [0.5, 0.6) is 0 Å². The Morgan fingerprint density at radius 3 is 2.79 bits per heavy atom. The molecule has 4 aromatic rings. The molecule has 2 heterocycles. The maximum absolute atomic E-state index is 13.3. The Hall–Kier alpha value is -3.19. The average molecular weight is 397 g/mol. The van der Waals surface area contributed by atoms with Gasteiger partial charge in [-0.25, -0.2) is 9.18 Å². The molecule has 0 aliphatic carbocycles. The topological polar surface area (TPSA) is 68.5 Å². The number of carbonyl (C=O) groups is 2. The number of fused-ring (bicyclic) bond motifs is 2. The first-order valence-electron chi connectivity index (χ1n) is 8.63. The number of furan rings is 1. The summed E-state index contributed by atoms with van der Waals surface area (Å²) < 4.78 is 24.8. The number of nitrogens with one attached hydrogen (secondary N) is 1. The van der Waals surface area contributed by atoms with Crippen LogP contribution in [0.1, 0.15) is 28.4 Å². The summed E-state index contributed by atoms with van der Waals surface area (Å²) in [7, 11) is 0. The number of benzene rings is 2. The normalized spacial score (nSPS) is 12.2. The molecule has 0 bridgehead atoms. The van der Waals surface area contributed by atoms with Crippen LogP contribution in [0.4, 0.5) is 4.39 Å². The van der Waals surface area contributed by atoms with Crippen molar-refractivity contribution in [2.75, 3.05) is 6.61 Å². The number of para-hydroxylation sites is 1. The molecular weight excluding hydrogens is 381 g/mol. The van der Waals surface area contributed by atoms with Crippen molar-refractivity contribution < 1.29 is 23.1 Å². The highest BCUT2D eigenvalue weighted by atomic mass is 32.1. The zero-order chi connectivity index (χ0) is 19.7. The van der Waals surface area contributed by atoms with Crippen LogP contribution in [0.15, 0.2) is 59.0 Å². The number of ether oxygens (including phenoxy) is 1. The summed E-state index contributed by atoms with van der Waals surface area (Å²) in [4.78, 5) is 24.6. The van der Waals surface area contributed by atoms with Crippen LogP contribution < -0.4 is 5.32 Å². The summed E-state index contributed by atoms with van der Waals surface area (Å²) in [6.45, 7) is 1.38. The fourth-order valence-electron chi connectivity index (χ4n) is 2.89. The van der Waals surface area contributed by atoms with Gasteiger partial charge in [-0.1, -0.05) is 18.2 Å². The largest absolute Gasteiger partial charge is 0.459 e. The van der Waals surface area contributed by atoms with Crippen LogP contribution in [0.25, 0.3) is 21.1 Å². The minimum absolute atomic E-state index is 0.318. The molecule has 2 aromatic heterocycles. The van der Waals surface area contributed by atoms with Crippen LogP contribution in [-0.2, 0) is 9.53 Å². The van der Waals surface area contributed by atoms with E-state index < -0.39 is 18.5 Å². The van der Waals surface area contributed by atoms with E-state index in [4.69, 9.17) is 9.15 Å². The molecule has 0 saturated heterocycles. The van der Waals surface area contributed by atoms with Crippen molar-refractivity contribution in [2.24, 2.45) is 0 Å². The van der Waals surface area contributed by atoms with E-state index in [0.29, 0.717) is 16.0 Å². The van der Waals surface area contributed by atoms with Crippen LogP contribution in [0, 0.1) is 5.82 Å². The van der Waals surface area contributed by atoms with Gasteiger partial charge in [0.1, 0.15) is 22.0 Å². The van der Waals surface area contributed by atoms with Gasteiger partial charge in [-0.15, -0.1) is 11.3 Å². The maximum atomic E-state index is 13.3. The van der Waals surface area contributed by atoms with Crippen molar-refractivity contribution in [1.82, 2.24) is 5.32 Å². The van der Waals surface area contributed by atoms with Crippen LogP contribution in [0.3, 0.4) is 0 Å². The third kappa shape index (κ3) is 3.75. The lowest BCUT2D eigenvalue weighted by Crippen LogP contribution is -2.30. The summed E-state index contributed by atoms with van der Waals surface area (Å²) in [6, 6.07) is 14.9. The van der Waals surface area contributed by atoms with Crippen LogP contribution in [0.2, 0.25) is 0 Å². The van der Waals surface area contributed by atoms with E-state index in [-0.39, 0.29) is 11.9 Å². The Morgan fingerprint density at radius 2 is 1.96 bits per heavy atom. The second-order valence-electron chi connectivity index (χ2n) is 6.34. The summed E-state index contributed by atoms with van der Waals surface area (Å²) >= 11 is 1.19. The number of esters is 1. The first-order chi connectivity index (χ1) is 13.5. The van der Waals surface area contributed by atoms with Gasteiger partial charge in [-0.2, -0.15) is 0 Å². The van der Waals surface area contributed by atoms with Gasteiger partial charge < -0.3 is 14.5 Å². The molecule has 0 unspecified atom stereocenters. The first kappa shape index (κ1) is 18.2. The first-order valence-corrected chi connectivity index (χ1v) is 9.45. The molecule has 142 valence electrons. The van der Waals surface area contributed by atoms with Gasteiger partial charge in [0.25, 0.3) is 5.91 Å². The van der Waals surface area contributed by atoms with E-state index in [2.05, 4.69) is 5.32 Å². The average Bonchev–Trinajstić information content (AvgIpc) is 3.29. The highest BCUT2D eigenvalue weighted by Gasteiger charge is 2.17. The molecule has 0 aliphatic rings. The predicted octanol–water partition coefficient (Wildman–Crippen LogP) is 4.82. The minimum atomic E-state index is -0.617. The van der Waals surface area contributed by atoms with Gasteiger partial charge in [0.2, 0.25) is 0 Å².